The van der Waals surface area contributed by atoms with Crippen LogP contribution in [0.4, 0.5) is 0 Å². The van der Waals surface area contributed by atoms with Gasteiger partial charge in [0.2, 0.25) is 0 Å². The average molecular weight is 538 g/mol. The van der Waals surface area contributed by atoms with Gasteiger partial charge in [0, 0.05) is 0 Å². The minimum absolute atomic E-state index is 0.0581. The summed E-state index contributed by atoms with van der Waals surface area (Å²) in [6.07, 6.45) is -0.581. The van der Waals surface area contributed by atoms with Gasteiger partial charge < -0.3 is 23.6 Å². The zero-order valence-corrected chi connectivity index (χ0v) is 20.5. The quantitative estimate of drug-likeness (QED) is 0.359. The van der Waals surface area contributed by atoms with Gasteiger partial charge in [-0.3, -0.25) is 0 Å². The first-order valence-electron chi connectivity index (χ1n) is 9.34. The van der Waals surface area contributed by atoms with Crippen LogP contribution in [0.3, 0.4) is 0 Å². The van der Waals surface area contributed by atoms with Crippen LogP contribution >= 0.6 is 34.2 Å². The van der Waals surface area contributed by atoms with Crippen molar-refractivity contribution in [2.24, 2.45) is 0 Å². The lowest BCUT2D eigenvalue weighted by molar-refractivity contribution is 0.0116. The number of nitrogens with zero attached hydrogens (tertiary/aromatic N) is 2. The molecule has 0 radical (unpaired) electrons. The molecular weight excluding hydrogens is 513 g/mol. The molecule has 1 N–H and O–H groups in total. The highest BCUT2D eigenvalue weighted by molar-refractivity contribution is 14.1. The van der Waals surface area contributed by atoms with Crippen LogP contribution in [0, 0.1) is 3.70 Å². The van der Waals surface area contributed by atoms with E-state index in [9.17, 15) is 0 Å². The number of aromatic amines is 1. The average Bonchev–Trinajstić information content (AvgIpc) is 3.25. The lowest BCUT2D eigenvalue weighted by Gasteiger charge is -2.39. The number of H-pyrrole nitrogens is 1. The molecule has 0 spiro atoms. The zero-order valence-electron chi connectivity index (χ0n) is 16.6. The third kappa shape index (κ3) is 3.81. The van der Waals surface area contributed by atoms with Crippen molar-refractivity contribution in [1.29, 1.82) is 0 Å². The Balaban J connectivity index is 1.45. The Labute approximate surface area is 184 Å². The Kier molecular flexibility index (Phi) is 5.46. The zero-order chi connectivity index (χ0) is 20.3. The minimum Gasteiger partial charge on any atom is -0.456 e. The number of hydrogen-bond donors (Lipinski definition) is 1. The van der Waals surface area contributed by atoms with E-state index in [-0.39, 0.29) is 29.5 Å². The molecule has 154 valence electrons. The molecule has 0 bridgehead atoms. The number of hydrogen-bond acceptors (Lipinski definition) is 6. The standard InChI is InChI=1S/C18H25ClIN3O4Si/c1-18(2,3)28(4,5)27-12-8-25-13-11(7-24-14(12)13)26-17-21-10-6-9(19)15(20)22-16(10)23-17/h6,11-14H,7-8H2,1-5H3,(H,21,22,23)/t11-,12?,13-,14?/m1/s1. The van der Waals surface area contributed by atoms with E-state index < -0.39 is 8.32 Å². The Hall–Kier alpha value is -0.463. The summed E-state index contributed by atoms with van der Waals surface area (Å²) in [5.74, 6) is 0. The van der Waals surface area contributed by atoms with Gasteiger partial charge in [0.15, 0.2) is 20.1 Å². The van der Waals surface area contributed by atoms with Crippen molar-refractivity contribution in [3.63, 3.8) is 0 Å². The number of halogens is 2. The predicted molar refractivity (Wildman–Crippen MR) is 118 cm³/mol. The smallest absolute Gasteiger partial charge is 0.296 e. The summed E-state index contributed by atoms with van der Waals surface area (Å²) >= 11 is 8.21. The van der Waals surface area contributed by atoms with Crippen LogP contribution in [0.25, 0.3) is 11.2 Å². The second-order valence-electron chi connectivity index (χ2n) is 8.84. The maximum atomic E-state index is 6.53. The Bertz CT molecular complexity index is 849. The molecule has 4 rings (SSSR count). The van der Waals surface area contributed by atoms with Crippen LogP contribution < -0.4 is 4.74 Å². The van der Waals surface area contributed by atoms with E-state index >= 15 is 0 Å². The molecule has 2 aromatic rings. The van der Waals surface area contributed by atoms with E-state index in [2.05, 4.69) is 71.4 Å². The summed E-state index contributed by atoms with van der Waals surface area (Å²) < 4.78 is 25.3. The van der Waals surface area contributed by atoms with Gasteiger partial charge in [-0.1, -0.05) is 32.4 Å². The first-order valence-corrected chi connectivity index (χ1v) is 13.7. The molecule has 7 nitrogen and oxygen atoms in total. The maximum absolute atomic E-state index is 6.53. The van der Waals surface area contributed by atoms with Gasteiger partial charge in [-0.25, -0.2) is 4.98 Å². The van der Waals surface area contributed by atoms with E-state index in [1.807, 2.05) is 0 Å². The van der Waals surface area contributed by atoms with Crippen molar-refractivity contribution in [2.75, 3.05) is 13.2 Å². The van der Waals surface area contributed by atoms with Gasteiger partial charge in [-0.05, 0) is 46.8 Å². The van der Waals surface area contributed by atoms with E-state index in [1.54, 1.807) is 6.07 Å². The number of pyridine rings is 1. The fraction of sp³-hybridized carbons (Fsp3) is 0.667. The molecule has 0 amide bonds. The lowest BCUT2D eigenvalue weighted by atomic mass is 10.1. The molecule has 2 fully saturated rings. The molecule has 2 aliphatic heterocycles. The molecule has 4 atom stereocenters. The molecule has 2 saturated heterocycles. The van der Waals surface area contributed by atoms with Gasteiger partial charge in [0.05, 0.1) is 29.9 Å². The summed E-state index contributed by atoms with van der Waals surface area (Å²) in [5, 5.41) is 0.719. The fourth-order valence-electron chi connectivity index (χ4n) is 3.26. The maximum Gasteiger partial charge on any atom is 0.296 e. The molecule has 0 aromatic carbocycles. The van der Waals surface area contributed by atoms with Gasteiger partial charge in [-0.15, -0.1) is 0 Å². The Morgan fingerprint density at radius 3 is 2.50 bits per heavy atom. The van der Waals surface area contributed by atoms with Crippen molar-refractivity contribution < 1.29 is 18.6 Å². The van der Waals surface area contributed by atoms with Crippen molar-refractivity contribution in [3.05, 3.63) is 14.8 Å². The van der Waals surface area contributed by atoms with Crippen LogP contribution in [-0.2, 0) is 13.9 Å². The van der Waals surface area contributed by atoms with E-state index in [0.29, 0.717) is 33.6 Å². The van der Waals surface area contributed by atoms with Crippen molar-refractivity contribution in [3.8, 4) is 6.01 Å². The molecule has 2 unspecified atom stereocenters. The van der Waals surface area contributed by atoms with Crippen LogP contribution in [0.5, 0.6) is 6.01 Å². The van der Waals surface area contributed by atoms with Gasteiger partial charge in [0.25, 0.3) is 6.01 Å². The van der Waals surface area contributed by atoms with Crippen LogP contribution in [-0.4, -0.2) is 60.9 Å². The van der Waals surface area contributed by atoms with E-state index in [1.165, 1.54) is 0 Å². The molecular formula is C18H25ClIN3O4Si. The second kappa shape index (κ2) is 7.35. The van der Waals surface area contributed by atoms with Crippen molar-refractivity contribution in [2.45, 2.75) is 63.3 Å². The number of rotatable bonds is 4. The lowest BCUT2D eigenvalue weighted by Crippen LogP contribution is -2.47. The van der Waals surface area contributed by atoms with Gasteiger partial charge >= 0.3 is 0 Å². The summed E-state index contributed by atoms with van der Waals surface area (Å²) in [6, 6.07) is 2.20. The molecule has 10 heteroatoms. The monoisotopic (exact) mass is 537 g/mol. The first-order chi connectivity index (χ1) is 13.0. The van der Waals surface area contributed by atoms with Crippen LogP contribution in [0.2, 0.25) is 23.2 Å². The Morgan fingerprint density at radius 1 is 1.18 bits per heavy atom. The second-order valence-corrected chi connectivity index (χ2v) is 15.0. The van der Waals surface area contributed by atoms with Crippen molar-refractivity contribution >= 4 is 53.7 Å². The summed E-state index contributed by atoms with van der Waals surface area (Å²) in [4.78, 5) is 11.9. The SMILES string of the molecule is CC(C)(C)[Si](C)(C)OC1CO[C@H]2C1OC[C@H]2Oc1nc2nc(I)c(Cl)cc2[nH]1. The van der Waals surface area contributed by atoms with E-state index in [0.717, 1.165) is 5.52 Å². The number of nitrogens with one attached hydrogen (secondary N) is 1. The molecule has 2 aromatic heterocycles. The molecule has 2 aliphatic rings. The highest BCUT2D eigenvalue weighted by Gasteiger charge is 2.52. The Morgan fingerprint density at radius 2 is 1.82 bits per heavy atom. The summed E-state index contributed by atoms with van der Waals surface area (Å²) in [6.45, 7) is 12.2. The normalized spacial score (nSPS) is 28.1. The molecule has 4 heterocycles. The molecule has 0 saturated carbocycles. The minimum atomic E-state index is -1.90. The summed E-state index contributed by atoms with van der Waals surface area (Å²) in [5.41, 5.74) is 1.31. The molecule has 0 aliphatic carbocycles. The van der Waals surface area contributed by atoms with Crippen LogP contribution in [0.1, 0.15) is 20.8 Å². The van der Waals surface area contributed by atoms with E-state index in [4.69, 9.17) is 30.2 Å². The topological polar surface area (TPSA) is 78.5 Å². The van der Waals surface area contributed by atoms with Crippen LogP contribution in [0.15, 0.2) is 6.07 Å². The molecule has 28 heavy (non-hydrogen) atoms. The van der Waals surface area contributed by atoms with Crippen molar-refractivity contribution in [1.82, 2.24) is 15.0 Å². The third-order valence-electron chi connectivity index (χ3n) is 5.84. The summed E-state index contributed by atoms with van der Waals surface area (Å²) in [7, 11) is -1.90. The number of aromatic nitrogens is 3. The highest BCUT2D eigenvalue weighted by atomic mass is 127. The number of ether oxygens (including phenoxy) is 3. The predicted octanol–water partition coefficient (Wildman–Crippen LogP) is 4.15. The first kappa shape index (κ1) is 20.8. The highest BCUT2D eigenvalue weighted by Crippen LogP contribution is 2.40. The number of fused-ring (bicyclic) bond motifs is 2. The number of imidazole rings is 1. The fourth-order valence-corrected chi connectivity index (χ4v) is 5.11. The van der Waals surface area contributed by atoms with Gasteiger partial charge in [-0.2, -0.15) is 4.98 Å². The third-order valence-corrected chi connectivity index (χ3v) is 11.8. The van der Waals surface area contributed by atoms with Gasteiger partial charge in [0.1, 0.15) is 15.9 Å². The largest absolute Gasteiger partial charge is 0.456 e.